The van der Waals surface area contributed by atoms with Gasteiger partial charge in [-0.25, -0.2) is 15.0 Å². The molecule has 0 aromatic carbocycles. The number of aromatic nitrogens is 5. The Morgan fingerprint density at radius 1 is 1.03 bits per heavy atom. The van der Waals surface area contributed by atoms with Crippen molar-refractivity contribution < 1.29 is 4.79 Å². The quantitative estimate of drug-likeness (QED) is 0.376. The molecule has 0 saturated carbocycles. The second-order valence-corrected chi connectivity index (χ2v) is 7.27. The van der Waals surface area contributed by atoms with Crippen LogP contribution in [0, 0.1) is 0 Å². The first-order valence-electron chi connectivity index (χ1n) is 9.29. The highest BCUT2D eigenvalue weighted by Gasteiger charge is 2.14. The van der Waals surface area contributed by atoms with Gasteiger partial charge in [-0.1, -0.05) is 12.1 Å². The average molecular weight is 421 g/mol. The van der Waals surface area contributed by atoms with Gasteiger partial charge in [0.05, 0.1) is 4.88 Å². The molecule has 4 heterocycles. The van der Waals surface area contributed by atoms with E-state index in [0.29, 0.717) is 36.2 Å². The lowest BCUT2D eigenvalue weighted by atomic mass is 10.3. The van der Waals surface area contributed by atoms with Gasteiger partial charge in [0, 0.05) is 32.4 Å². The molecule has 10 heteroatoms. The molecule has 152 valence electrons. The fraction of sp³-hybridized carbons (Fsp3) is 0.150. The molecule has 0 unspecified atom stereocenters. The fourth-order valence-electron chi connectivity index (χ4n) is 2.77. The normalized spacial score (nSPS) is 10.6. The summed E-state index contributed by atoms with van der Waals surface area (Å²) in [5.74, 6) is 1.81. The molecule has 4 aromatic rings. The van der Waals surface area contributed by atoms with Gasteiger partial charge >= 0.3 is 0 Å². The van der Waals surface area contributed by atoms with E-state index in [1.165, 1.54) is 6.33 Å². The van der Waals surface area contributed by atoms with Crippen molar-refractivity contribution in [2.45, 2.75) is 0 Å². The number of rotatable bonds is 8. The lowest BCUT2D eigenvalue weighted by Crippen LogP contribution is -2.30. The molecule has 4 rings (SSSR count). The van der Waals surface area contributed by atoms with Crippen LogP contribution in [-0.4, -0.2) is 43.7 Å². The third-order valence-electron chi connectivity index (χ3n) is 4.19. The van der Waals surface area contributed by atoms with Crippen molar-refractivity contribution >= 4 is 34.7 Å². The molecule has 0 atom stereocenters. The van der Waals surface area contributed by atoms with Gasteiger partial charge in [-0.15, -0.1) is 11.3 Å². The second-order valence-electron chi connectivity index (χ2n) is 6.33. The number of thiophene rings is 1. The van der Waals surface area contributed by atoms with E-state index in [9.17, 15) is 4.79 Å². The van der Waals surface area contributed by atoms with E-state index >= 15 is 0 Å². The van der Waals surface area contributed by atoms with Crippen LogP contribution in [0.1, 0.15) is 10.5 Å². The van der Waals surface area contributed by atoms with Gasteiger partial charge < -0.3 is 16.0 Å². The highest BCUT2D eigenvalue weighted by molar-refractivity contribution is 7.13. The van der Waals surface area contributed by atoms with Crippen molar-refractivity contribution in [1.82, 2.24) is 30.0 Å². The lowest BCUT2D eigenvalue weighted by Gasteiger charge is -2.09. The first kappa shape index (κ1) is 19.5. The number of nitrogens with zero attached hydrogens (tertiary/aromatic N) is 5. The van der Waals surface area contributed by atoms with Crippen molar-refractivity contribution in [3.05, 3.63) is 66.1 Å². The SMILES string of the molecule is Cn1nc(-c2cccs2)cc1C(=O)NCCNc1cc(Nc2ccccn2)ncn1. The molecule has 1 amide bonds. The van der Waals surface area contributed by atoms with Crippen LogP contribution in [0.5, 0.6) is 0 Å². The molecule has 30 heavy (non-hydrogen) atoms. The van der Waals surface area contributed by atoms with Gasteiger partial charge in [0.2, 0.25) is 0 Å². The molecule has 4 aromatic heterocycles. The van der Waals surface area contributed by atoms with Crippen LogP contribution in [0.25, 0.3) is 10.6 Å². The van der Waals surface area contributed by atoms with E-state index in [0.717, 1.165) is 10.6 Å². The summed E-state index contributed by atoms with van der Waals surface area (Å²) in [4.78, 5) is 26.1. The van der Waals surface area contributed by atoms with E-state index in [-0.39, 0.29) is 5.91 Å². The molecule has 0 aliphatic carbocycles. The number of nitrogens with one attached hydrogen (secondary N) is 3. The van der Waals surface area contributed by atoms with E-state index in [2.05, 4.69) is 36.0 Å². The maximum atomic E-state index is 12.5. The number of anilines is 3. The standard InChI is InChI=1S/C20H20N8OS/c1-28-15(11-14(27-28)16-5-4-10-30-16)20(29)23-9-8-22-18-12-19(25-13-24-18)26-17-6-2-3-7-21-17/h2-7,10-13H,8-9H2,1H3,(H,23,29)(H2,21,22,24,25,26). The molecule has 0 radical (unpaired) electrons. The van der Waals surface area contributed by atoms with Gasteiger partial charge in [0.15, 0.2) is 0 Å². The van der Waals surface area contributed by atoms with E-state index in [1.54, 1.807) is 41.4 Å². The average Bonchev–Trinajstić information content (AvgIpc) is 3.42. The second kappa shape index (κ2) is 9.14. The maximum Gasteiger partial charge on any atom is 0.269 e. The highest BCUT2D eigenvalue weighted by Crippen LogP contribution is 2.23. The third kappa shape index (κ3) is 4.78. The molecule has 0 bridgehead atoms. The number of hydrogen-bond acceptors (Lipinski definition) is 8. The van der Waals surface area contributed by atoms with Crippen LogP contribution in [0.15, 0.2) is 60.4 Å². The van der Waals surface area contributed by atoms with Crippen LogP contribution in [-0.2, 0) is 7.05 Å². The van der Waals surface area contributed by atoms with Gasteiger partial charge in [0.1, 0.15) is 35.2 Å². The smallest absolute Gasteiger partial charge is 0.269 e. The largest absolute Gasteiger partial charge is 0.368 e. The van der Waals surface area contributed by atoms with E-state index < -0.39 is 0 Å². The molecular formula is C20H20N8OS. The van der Waals surface area contributed by atoms with Crippen molar-refractivity contribution in [3.63, 3.8) is 0 Å². The van der Waals surface area contributed by atoms with Crippen LogP contribution < -0.4 is 16.0 Å². The Morgan fingerprint density at radius 3 is 2.73 bits per heavy atom. The molecule has 3 N–H and O–H groups in total. The number of carbonyl (C=O) groups excluding carboxylic acids is 1. The van der Waals surface area contributed by atoms with Crippen LogP contribution >= 0.6 is 11.3 Å². The zero-order valence-corrected chi connectivity index (χ0v) is 17.1. The van der Waals surface area contributed by atoms with Gasteiger partial charge in [-0.05, 0) is 29.6 Å². The summed E-state index contributed by atoms with van der Waals surface area (Å²) in [5, 5.41) is 15.6. The number of pyridine rings is 1. The van der Waals surface area contributed by atoms with E-state index in [1.807, 2.05) is 35.7 Å². The summed E-state index contributed by atoms with van der Waals surface area (Å²) in [6.07, 6.45) is 3.17. The number of carbonyl (C=O) groups is 1. The van der Waals surface area contributed by atoms with Crippen LogP contribution in [0.4, 0.5) is 17.5 Å². The summed E-state index contributed by atoms with van der Waals surface area (Å²) in [6.45, 7) is 0.951. The summed E-state index contributed by atoms with van der Waals surface area (Å²) >= 11 is 1.59. The Kier molecular flexibility index (Phi) is 5.95. The van der Waals surface area contributed by atoms with Crippen LogP contribution in [0.2, 0.25) is 0 Å². The minimum Gasteiger partial charge on any atom is -0.368 e. The minimum atomic E-state index is -0.171. The summed E-state index contributed by atoms with van der Waals surface area (Å²) in [5.41, 5.74) is 1.31. The van der Waals surface area contributed by atoms with E-state index in [4.69, 9.17) is 0 Å². The first-order valence-corrected chi connectivity index (χ1v) is 10.2. The maximum absolute atomic E-state index is 12.5. The monoisotopic (exact) mass is 420 g/mol. The molecule has 0 aliphatic rings. The number of hydrogen-bond donors (Lipinski definition) is 3. The molecule has 0 aliphatic heterocycles. The summed E-state index contributed by atoms with van der Waals surface area (Å²) < 4.78 is 1.60. The highest BCUT2D eigenvalue weighted by atomic mass is 32.1. The zero-order chi connectivity index (χ0) is 20.8. The Morgan fingerprint density at radius 2 is 1.93 bits per heavy atom. The van der Waals surface area contributed by atoms with Gasteiger partial charge in [-0.3, -0.25) is 9.48 Å². The number of aryl methyl sites for hydroxylation is 1. The van der Waals surface area contributed by atoms with Crippen molar-refractivity contribution in [2.75, 3.05) is 23.7 Å². The lowest BCUT2D eigenvalue weighted by molar-refractivity contribution is 0.0946. The van der Waals surface area contributed by atoms with Crippen LogP contribution in [0.3, 0.4) is 0 Å². The first-order chi connectivity index (χ1) is 14.7. The zero-order valence-electron chi connectivity index (χ0n) is 16.2. The Bertz CT molecular complexity index is 1110. The van der Waals surface area contributed by atoms with Crippen molar-refractivity contribution in [2.24, 2.45) is 7.05 Å². The molecular weight excluding hydrogens is 400 g/mol. The van der Waals surface area contributed by atoms with Crippen molar-refractivity contribution in [3.8, 4) is 10.6 Å². The summed E-state index contributed by atoms with van der Waals surface area (Å²) in [7, 11) is 1.77. The van der Waals surface area contributed by atoms with Crippen molar-refractivity contribution in [1.29, 1.82) is 0 Å². The fourth-order valence-corrected chi connectivity index (χ4v) is 3.45. The predicted molar refractivity (Wildman–Crippen MR) is 117 cm³/mol. The van der Waals surface area contributed by atoms with Gasteiger partial charge in [0.25, 0.3) is 5.91 Å². The Hall–Kier alpha value is -3.79. The Labute approximate surface area is 177 Å². The minimum absolute atomic E-state index is 0.171. The number of amides is 1. The molecule has 0 fully saturated rings. The summed E-state index contributed by atoms with van der Waals surface area (Å²) in [6, 6.07) is 13.1. The Balaban J connectivity index is 1.28. The molecule has 9 nitrogen and oxygen atoms in total. The topological polar surface area (TPSA) is 110 Å². The predicted octanol–water partition coefficient (Wildman–Crippen LogP) is 2.92. The molecule has 0 spiro atoms. The third-order valence-corrected chi connectivity index (χ3v) is 5.08. The van der Waals surface area contributed by atoms with Gasteiger partial charge in [-0.2, -0.15) is 5.10 Å². The molecule has 0 saturated heterocycles.